The van der Waals surface area contributed by atoms with E-state index in [2.05, 4.69) is 15.3 Å². The van der Waals surface area contributed by atoms with Crippen molar-refractivity contribution in [2.45, 2.75) is 0 Å². The van der Waals surface area contributed by atoms with Crippen molar-refractivity contribution in [1.82, 2.24) is 19.5 Å². The standard InChI is InChI=1S/C23H17N5OS/c1-28-14-13-25-21(28)20-19(15-7-3-2-4-8-15)26-23(30-20)27-22(29)17-9-5-11-18-16(17)10-6-12-24-18/h2-14H,1H3,(H,26,27,29). The van der Waals surface area contributed by atoms with Crippen LogP contribution in [0, 0.1) is 0 Å². The zero-order valence-corrected chi connectivity index (χ0v) is 16.9. The Morgan fingerprint density at radius 2 is 1.83 bits per heavy atom. The van der Waals surface area contributed by atoms with Crippen molar-refractivity contribution in [2.24, 2.45) is 7.05 Å². The van der Waals surface area contributed by atoms with Gasteiger partial charge in [-0.15, -0.1) is 0 Å². The number of benzene rings is 2. The lowest BCUT2D eigenvalue weighted by molar-refractivity contribution is 0.102. The number of nitrogens with one attached hydrogen (secondary N) is 1. The molecule has 0 spiro atoms. The number of aryl methyl sites for hydroxylation is 1. The number of fused-ring (bicyclic) bond motifs is 1. The molecule has 7 heteroatoms. The molecule has 30 heavy (non-hydrogen) atoms. The van der Waals surface area contributed by atoms with Gasteiger partial charge in [-0.2, -0.15) is 0 Å². The van der Waals surface area contributed by atoms with Crippen LogP contribution in [-0.2, 0) is 7.05 Å². The van der Waals surface area contributed by atoms with Crippen LogP contribution in [-0.4, -0.2) is 25.4 Å². The largest absolute Gasteiger partial charge is 0.333 e. The van der Waals surface area contributed by atoms with Gasteiger partial charge in [-0.1, -0.05) is 53.8 Å². The third-order valence-electron chi connectivity index (χ3n) is 4.81. The number of hydrogen-bond acceptors (Lipinski definition) is 5. The minimum atomic E-state index is -0.214. The summed E-state index contributed by atoms with van der Waals surface area (Å²) in [6.45, 7) is 0. The van der Waals surface area contributed by atoms with Gasteiger partial charge in [-0.05, 0) is 18.2 Å². The lowest BCUT2D eigenvalue weighted by atomic mass is 10.1. The lowest BCUT2D eigenvalue weighted by Gasteiger charge is -2.05. The summed E-state index contributed by atoms with van der Waals surface area (Å²) in [5.41, 5.74) is 3.12. The van der Waals surface area contributed by atoms with Gasteiger partial charge in [-0.25, -0.2) is 9.97 Å². The third kappa shape index (κ3) is 3.25. The van der Waals surface area contributed by atoms with Crippen LogP contribution in [0.3, 0.4) is 0 Å². The van der Waals surface area contributed by atoms with Gasteiger partial charge in [-0.3, -0.25) is 15.1 Å². The lowest BCUT2D eigenvalue weighted by Crippen LogP contribution is -2.12. The third-order valence-corrected chi connectivity index (χ3v) is 5.78. The molecule has 5 rings (SSSR count). The molecule has 0 unspecified atom stereocenters. The molecule has 0 aliphatic rings. The fourth-order valence-electron chi connectivity index (χ4n) is 3.37. The molecule has 0 fully saturated rings. The van der Waals surface area contributed by atoms with Gasteiger partial charge in [0.25, 0.3) is 5.91 Å². The monoisotopic (exact) mass is 411 g/mol. The van der Waals surface area contributed by atoms with E-state index in [4.69, 9.17) is 4.98 Å². The normalized spacial score (nSPS) is 11.0. The maximum absolute atomic E-state index is 13.0. The summed E-state index contributed by atoms with van der Waals surface area (Å²) in [5, 5.41) is 4.30. The molecule has 0 saturated carbocycles. The summed E-state index contributed by atoms with van der Waals surface area (Å²) in [4.78, 5) is 27.5. The minimum absolute atomic E-state index is 0.214. The second-order valence-corrected chi connectivity index (χ2v) is 7.75. The smallest absolute Gasteiger partial charge is 0.258 e. The van der Waals surface area contributed by atoms with Crippen LogP contribution in [0.4, 0.5) is 5.13 Å². The van der Waals surface area contributed by atoms with Crippen molar-refractivity contribution >= 4 is 33.3 Å². The molecule has 0 radical (unpaired) electrons. The van der Waals surface area contributed by atoms with Crippen LogP contribution in [0.1, 0.15) is 10.4 Å². The Morgan fingerprint density at radius 3 is 2.63 bits per heavy atom. The SMILES string of the molecule is Cn1ccnc1-c1sc(NC(=O)c2cccc3ncccc23)nc1-c1ccccc1. The van der Waals surface area contributed by atoms with E-state index >= 15 is 0 Å². The molecule has 6 nitrogen and oxygen atoms in total. The fourth-order valence-corrected chi connectivity index (χ4v) is 4.39. The fraction of sp³-hybridized carbons (Fsp3) is 0.0435. The Balaban J connectivity index is 1.56. The zero-order valence-electron chi connectivity index (χ0n) is 16.1. The maximum Gasteiger partial charge on any atom is 0.258 e. The number of aromatic nitrogens is 4. The van der Waals surface area contributed by atoms with E-state index < -0.39 is 0 Å². The van der Waals surface area contributed by atoms with Crippen molar-refractivity contribution in [3.8, 4) is 22.0 Å². The molecule has 0 atom stereocenters. The van der Waals surface area contributed by atoms with Gasteiger partial charge in [0.05, 0.1) is 16.1 Å². The molecular weight excluding hydrogens is 394 g/mol. The first-order chi connectivity index (χ1) is 14.7. The topological polar surface area (TPSA) is 72.7 Å². The van der Waals surface area contributed by atoms with Crippen molar-refractivity contribution < 1.29 is 4.79 Å². The molecule has 1 amide bonds. The van der Waals surface area contributed by atoms with E-state index in [0.29, 0.717) is 10.7 Å². The Hall–Kier alpha value is -3.84. The second-order valence-electron chi connectivity index (χ2n) is 6.75. The number of amides is 1. The van der Waals surface area contributed by atoms with Crippen LogP contribution in [0.15, 0.2) is 79.3 Å². The Morgan fingerprint density at radius 1 is 0.967 bits per heavy atom. The van der Waals surface area contributed by atoms with Gasteiger partial charge >= 0.3 is 0 Å². The zero-order chi connectivity index (χ0) is 20.5. The molecule has 3 heterocycles. The number of carbonyl (C=O) groups excluding carboxylic acids is 1. The van der Waals surface area contributed by atoms with Gasteiger partial charge in [0.1, 0.15) is 0 Å². The number of anilines is 1. The molecule has 1 N–H and O–H groups in total. The molecular formula is C23H17N5OS. The number of carbonyl (C=O) groups is 1. The summed E-state index contributed by atoms with van der Waals surface area (Å²) in [5.74, 6) is 0.592. The summed E-state index contributed by atoms with van der Waals surface area (Å²) < 4.78 is 1.95. The maximum atomic E-state index is 13.0. The summed E-state index contributed by atoms with van der Waals surface area (Å²) >= 11 is 1.41. The first-order valence-corrected chi connectivity index (χ1v) is 10.2. The Bertz CT molecular complexity index is 1350. The highest BCUT2D eigenvalue weighted by molar-refractivity contribution is 7.19. The van der Waals surface area contributed by atoms with E-state index in [0.717, 1.165) is 32.9 Å². The van der Waals surface area contributed by atoms with Gasteiger partial charge in [0, 0.05) is 42.2 Å². The molecule has 5 aromatic rings. The molecule has 0 saturated heterocycles. The van der Waals surface area contributed by atoms with E-state index in [-0.39, 0.29) is 5.91 Å². The van der Waals surface area contributed by atoms with Crippen LogP contribution < -0.4 is 5.32 Å². The second kappa shape index (κ2) is 7.53. The highest BCUT2D eigenvalue weighted by Crippen LogP contribution is 2.38. The van der Waals surface area contributed by atoms with Crippen LogP contribution in [0.2, 0.25) is 0 Å². The number of pyridine rings is 1. The molecule has 146 valence electrons. The van der Waals surface area contributed by atoms with E-state index in [1.807, 2.05) is 72.4 Å². The Kier molecular flexibility index (Phi) is 4.57. The molecule has 2 aromatic carbocycles. The van der Waals surface area contributed by atoms with Crippen molar-refractivity contribution in [2.75, 3.05) is 5.32 Å². The first-order valence-electron chi connectivity index (χ1n) is 9.40. The number of hydrogen-bond donors (Lipinski definition) is 1. The molecule has 3 aromatic heterocycles. The highest BCUT2D eigenvalue weighted by Gasteiger charge is 2.20. The average molecular weight is 411 g/mol. The predicted octanol–water partition coefficient (Wildman–Crippen LogP) is 5.01. The van der Waals surface area contributed by atoms with E-state index in [1.165, 1.54) is 11.3 Å². The van der Waals surface area contributed by atoms with Crippen LogP contribution in [0.25, 0.3) is 32.9 Å². The number of imidazole rings is 1. The van der Waals surface area contributed by atoms with Gasteiger partial charge < -0.3 is 4.57 Å². The number of rotatable bonds is 4. The highest BCUT2D eigenvalue weighted by atomic mass is 32.1. The summed E-state index contributed by atoms with van der Waals surface area (Å²) in [7, 11) is 1.94. The van der Waals surface area contributed by atoms with Crippen LogP contribution in [0.5, 0.6) is 0 Å². The molecule has 0 aliphatic heterocycles. The number of thiazole rings is 1. The summed E-state index contributed by atoms with van der Waals surface area (Å²) in [6.07, 6.45) is 5.37. The van der Waals surface area contributed by atoms with Crippen molar-refractivity contribution in [3.05, 3.63) is 84.8 Å². The predicted molar refractivity (Wildman–Crippen MR) is 119 cm³/mol. The van der Waals surface area contributed by atoms with Crippen molar-refractivity contribution in [1.29, 1.82) is 0 Å². The van der Waals surface area contributed by atoms with E-state index in [1.54, 1.807) is 18.5 Å². The molecule has 0 aliphatic carbocycles. The first kappa shape index (κ1) is 18.2. The Labute approximate surface area is 176 Å². The van der Waals surface area contributed by atoms with Gasteiger partial charge in [0.15, 0.2) is 11.0 Å². The van der Waals surface area contributed by atoms with Gasteiger partial charge in [0.2, 0.25) is 0 Å². The van der Waals surface area contributed by atoms with E-state index in [9.17, 15) is 4.79 Å². The van der Waals surface area contributed by atoms with Crippen LogP contribution >= 0.6 is 11.3 Å². The minimum Gasteiger partial charge on any atom is -0.333 e. The quantitative estimate of drug-likeness (QED) is 0.451. The van der Waals surface area contributed by atoms with Crippen molar-refractivity contribution in [3.63, 3.8) is 0 Å². The molecule has 0 bridgehead atoms. The number of nitrogens with zero attached hydrogens (tertiary/aromatic N) is 4. The summed E-state index contributed by atoms with van der Waals surface area (Å²) in [6, 6.07) is 19.2. The average Bonchev–Trinajstić information content (AvgIpc) is 3.39.